The molecule has 0 radical (unpaired) electrons. The van der Waals surface area contributed by atoms with Crippen molar-refractivity contribution in [3.05, 3.63) is 20.8 Å². The van der Waals surface area contributed by atoms with E-state index in [0.717, 1.165) is 15.1 Å². The van der Waals surface area contributed by atoms with Gasteiger partial charge in [-0.05, 0) is 28.9 Å². The van der Waals surface area contributed by atoms with E-state index >= 15 is 0 Å². The predicted molar refractivity (Wildman–Crippen MR) is 48.4 cm³/mol. The molecule has 0 unspecified atom stereocenters. The smallest absolute Gasteiger partial charge is 0.0741 e. The molecule has 0 saturated heterocycles. The van der Waals surface area contributed by atoms with Crippen LogP contribution in [-0.2, 0) is 0 Å². The molecular formula is C6H7BrN2S. The van der Waals surface area contributed by atoms with Crippen LogP contribution in [0.2, 0.25) is 0 Å². The van der Waals surface area contributed by atoms with Crippen molar-refractivity contribution >= 4 is 33.0 Å². The van der Waals surface area contributed by atoms with E-state index in [1.807, 2.05) is 18.4 Å². The second-order valence-electron chi connectivity index (χ2n) is 1.84. The van der Waals surface area contributed by atoms with Crippen molar-refractivity contribution in [2.75, 3.05) is 0 Å². The topological polar surface area (TPSA) is 38.4 Å². The zero-order valence-electron chi connectivity index (χ0n) is 5.47. The van der Waals surface area contributed by atoms with E-state index < -0.39 is 0 Å². The molecule has 0 bridgehead atoms. The molecule has 0 amide bonds. The highest BCUT2D eigenvalue weighted by Gasteiger charge is 1.98. The number of thiophene rings is 1. The molecule has 1 aromatic heterocycles. The third kappa shape index (κ3) is 1.58. The molecule has 1 aromatic rings. The Kier molecular flexibility index (Phi) is 2.45. The first-order valence-electron chi connectivity index (χ1n) is 2.73. The largest absolute Gasteiger partial charge is 0.323 e. The number of hydrazone groups is 1. The summed E-state index contributed by atoms with van der Waals surface area (Å²) in [6.45, 7) is 1.89. The first kappa shape index (κ1) is 7.75. The van der Waals surface area contributed by atoms with Gasteiger partial charge in [-0.25, -0.2) is 0 Å². The Morgan fingerprint density at radius 3 is 2.90 bits per heavy atom. The van der Waals surface area contributed by atoms with Gasteiger partial charge in [0.2, 0.25) is 0 Å². The minimum atomic E-state index is 0.871. The van der Waals surface area contributed by atoms with Crippen LogP contribution in [0.3, 0.4) is 0 Å². The van der Waals surface area contributed by atoms with Crippen molar-refractivity contribution in [3.63, 3.8) is 0 Å². The van der Waals surface area contributed by atoms with Crippen molar-refractivity contribution in [3.8, 4) is 0 Å². The van der Waals surface area contributed by atoms with E-state index in [4.69, 9.17) is 5.84 Å². The number of nitrogens with zero attached hydrogens (tertiary/aromatic N) is 1. The van der Waals surface area contributed by atoms with E-state index in [9.17, 15) is 0 Å². The fraction of sp³-hybridized carbons (Fsp3) is 0.167. The quantitative estimate of drug-likeness (QED) is 0.439. The lowest BCUT2D eigenvalue weighted by Crippen LogP contribution is -1.94. The average Bonchev–Trinajstić information content (AvgIpc) is 2.34. The molecule has 2 N–H and O–H groups in total. The van der Waals surface area contributed by atoms with Crippen molar-refractivity contribution < 1.29 is 0 Å². The maximum absolute atomic E-state index is 5.09. The lowest BCUT2D eigenvalue weighted by Gasteiger charge is -1.88. The summed E-state index contributed by atoms with van der Waals surface area (Å²) < 4.78 is 1.08. The summed E-state index contributed by atoms with van der Waals surface area (Å²) in [6, 6.07) is 2.00. The minimum Gasteiger partial charge on any atom is -0.323 e. The number of rotatable bonds is 1. The number of hydrogen-bond acceptors (Lipinski definition) is 3. The van der Waals surface area contributed by atoms with Gasteiger partial charge in [-0.3, -0.25) is 0 Å². The molecule has 10 heavy (non-hydrogen) atoms. The molecule has 0 fully saturated rings. The minimum absolute atomic E-state index is 0.871. The highest BCUT2D eigenvalue weighted by atomic mass is 79.9. The van der Waals surface area contributed by atoms with Gasteiger partial charge in [0.05, 0.1) is 10.6 Å². The van der Waals surface area contributed by atoms with Gasteiger partial charge >= 0.3 is 0 Å². The Morgan fingerprint density at radius 2 is 2.50 bits per heavy atom. The van der Waals surface area contributed by atoms with Gasteiger partial charge < -0.3 is 5.84 Å². The lowest BCUT2D eigenvalue weighted by atomic mass is 10.3. The maximum atomic E-state index is 5.09. The number of nitrogens with two attached hydrogens (primary N) is 1. The Morgan fingerprint density at radius 1 is 1.80 bits per heavy atom. The zero-order chi connectivity index (χ0) is 7.56. The summed E-state index contributed by atoms with van der Waals surface area (Å²) in [6.07, 6.45) is 0. The molecule has 0 aliphatic carbocycles. The van der Waals surface area contributed by atoms with Crippen LogP contribution in [0.25, 0.3) is 0 Å². The molecule has 0 aromatic carbocycles. The average molecular weight is 219 g/mol. The van der Waals surface area contributed by atoms with E-state index in [2.05, 4.69) is 21.0 Å². The zero-order valence-corrected chi connectivity index (χ0v) is 7.87. The van der Waals surface area contributed by atoms with E-state index in [0.29, 0.717) is 0 Å². The predicted octanol–water partition coefficient (Wildman–Crippen LogP) is 2.19. The van der Waals surface area contributed by atoms with Gasteiger partial charge in [-0.1, -0.05) is 0 Å². The first-order chi connectivity index (χ1) is 4.74. The summed E-state index contributed by atoms with van der Waals surface area (Å²) in [5, 5.41) is 5.58. The first-order valence-corrected chi connectivity index (χ1v) is 4.40. The molecule has 0 spiro atoms. The summed E-state index contributed by atoms with van der Waals surface area (Å²) >= 11 is 4.97. The Bertz CT molecular complexity index is 254. The Hall–Kier alpha value is -0.350. The maximum Gasteiger partial charge on any atom is 0.0741 e. The van der Waals surface area contributed by atoms with Crippen molar-refractivity contribution in [1.82, 2.24) is 0 Å². The molecule has 0 aliphatic heterocycles. The molecule has 2 nitrogen and oxygen atoms in total. The fourth-order valence-electron chi connectivity index (χ4n) is 0.566. The van der Waals surface area contributed by atoms with Crippen molar-refractivity contribution in [2.24, 2.45) is 10.9 Å². The molecule has 54 valence electrons. The van der Waals surface area contributed by atoms with Crippen molar-refractivity contribution in [1.29, 1.82) is 0 Å². The molecule has 0 saturated carbocycles. The highest BCUT2D eigenvalue weighted by Crippen LogP contribution is 2.19. The van der Waals surface area contributed by atoms with Crippen LogP contribution in [0, 0.1) is 0 Å². The summed E-state index contributed by atoms with van der Waals surface area (Å²) in [5.74, 6) is 5.09. The van der Waals surface area contributed by atoms with Crippen LogP contribution >= 0.6 is 27.3 Å². The van der Waals surface area contributed by atoms with E-state index in [1.165, 1.54) is 0 Å². The van der Waals surface area contributed by atoms with Gasteiger partial charge in [-0.15, -0.1) is 11.3 Å². The third-order valence-corrected chi connectivity index (χ3v) is 2.92. The van der Waals surface area contributed by atoms with Gasteiger partial charge in [0.25, 0.3) is 0 Å². The molecule has 0 atom stereocenters. The van der Waals surface area contributed by atoms with E-state index in [1.54, 1.807) is 11.3 Å². The van der Waals surface area contributed by atoms with Gasteiger partial charge in [0.15, 0.2) is 0 Å². The number of hydrogen-bond donors (Lipinski definition) is 1. The second-order valence-corrected chi connectivity index (χ2v) is 3.67. The summed E-state index contributed by atoms with van der Waals surface area (Å²) in [5.41, 5.74) is 0.871. The van der Waals surface area contributed by atoms with Crippen LogP contribution in [0.5, 0.6) is 0 Å². The van der Waals surface area contributed by atoms with Gasteiger partial charge in [0, 0.05) is 9.85 Å². The fourth-order valence-corrected chi connectivity index (χ4v) is 1.95. The normalized spacial score (nSPS) is 12.0. The lowest BCUT2D eigenvalue weighted by molar-refractivity contribution is 1.24. The Balaban J connectivity index is 2.95. The SMILES string of the molecule is C/C(=N\N)c1cc(Br)cs1. The third-order valence-electron chi connectivity index (χ3n) is 1.12. The van der Waals surface area contributed by atoms with Crippen LogP contribution in [-0.4, -0.2) is 5.71 Å². The Labute approximate surface area is 71.9 Å². The van der Waals surface area contributed by atoms with Crippen LogP contribution in [0.15, 0.2) is 21.0 Å². The van der Waals surface area contributed by atoms with Crippen LogP contribution < -0.4 is 5.84 Å². The summed E-state index contributed by atoms with van der Waals surface area (Å²) in [4.78, 5) is 1.11. The van der Waals surface area contributed by atoms with Gasteiger partial charge in [0.1, 0.15) is 0 Å². The standard InChI is InChI=1S/C6H7BrN2S/c1-4(9-8)6-2-5(7)3-10-6/h2-3H,8H2,1H3/b9-4+. The molecule has 1 rings (SSSR count). The van der Waals surface area contributed by atoms with Crippen LogP contribution in [0.4, 0.5) is 0 Å². The van der Waals surface area contributed by atoms with Crippen LogP contribution in [0.1, 0.15) is 11.8 Å². The molecule has 1 heterocycles. The monoisotopic (exact) mass is 218 g/mol. The molecule has 0 aliphatic rings. The molecule has 4 heteroatoms. The van der Waals surface area contributed by atoms with Crippen molar-refractivity contribution in [2.45, 2.75) is 6.92 Å². The van der Waals surface area contributed by atoms with E-state index in [-0.39, 0.29) is 0 Å². The highest BCUT2D eigenvalue weighted by molar-refractivity contribution is 9.10. The number of halogens is 1. The second kappa shape index (κ2) is 3.16. The summed E-state index contributed by atoms with van der Waals surface area (Å²) in [7, 11) is 0. The molecular weight excluding hydrogens is 212 g/mol. The van der Waals surface area contributed by atoms with Gasteiger partial charge in [-0.2, -0.15) is 5.10 Å².